The smallest absolute Gasteiger partial charge is 0.395 e. The Labute approximate surface area is 147 Å². The van der Waals surface area contributed by atoms with Crippen LogP contribution in [0.1, 0.15) is 24.4 Å². The molecule has 3 rings (SSSR count). The summed E-state index contributed by atoms with van der Waals surface area (Å²) in [5, 5.41) is 3.12. The van der Waals surface area contributed by atoms with Crippen molar-refractivity contribution >= 4 is 12.4 Å². The van der Waals surface area contributed by atoms with Gasteiger partial charge in [0.1, 0.15) is 0 Å². The number of hydrogen-bond acceptors (Lipinski definition) is 4. The fraction of sp³-hybridized carbons (Fsp3) is 0.600. The van der Waals surface area contributed by atoms with Crippen molar-refractivity contribution in [2.24, 2.45) is 0 Å². The van der Waals surface area contributed by atoms with E-state index in [2.05, 4.69) is 14.8 Å². The van der Waals surface area contributed by atoms with Gasteiger partial charge in [-0.05, 0) is 12.5 Å². The predicted molar refractivity (Wildman–Crippen MR) is 82.4 cm³/mol. The van der Waals surface area contributed by atoms with E-state index in [9.17, 15) is 22.0 Å². The average molecular weight is 389 g/mol. The summed E-state index contributed by atoms with van der Waals surface area (Å²) in [5.74, 6) is -0.321. The van der Waals surface area contributed by atoms with Crippen molar-refractivity contribution in [1.29, 1.82) is 0 Å². The van der Waals surface area contributed by atoms with Crippen LogP contribution in [0.4, 0.5) is 22.0 Å². The van der Waals surface area contributed by atoms with Crippen LogP contribution in [0.25, 0.3) is 0 Å². The number of piperazine rings is 1. The van der Waals surface area contributed by atoms with Crippen molar-refractivity contribution in [1.82, 2.24) is 10.2 Å². The van der Waals surface area contributed by atoms with E-state index in [1.165, 1.54) is 18.2 Å². The lowest BCUT2D eigenvalue weighted by Crippen LogP contribution is -2.45. The largest absolute Gasteiger partial charge is 0.586 e. The number of alkyl halides is 5. The third-order valence-electron chi connectivity index (χ3n) is 4.11. The van der Waals surface area contributed by atoms with Gasteiger partial charge in [0.15, 0.2) is 11.5 Å². The van der Waals surface area contributed by atoms with Gasteiger partial charge >= 0.3 is 12.5 Å². The summed E-state index contributed by atoms with van der Waals surface area (Å²) in [4.78, 5) is 1.86. The molecule has 1 aromatic carbocycles. The van der Waals surface area contributed by atoms with Crippen LogP contribution < -0.4 is 14.8 Å². The number of nitrogens with one attached hydrogen (secondary N) is 1. The van der Waals surface area contributed by atoms with E-state index < -0.39 is 24.9 Å². The van der Waals surface area contributed by atoms with Crippen molar-refractivity contribution in [3.8, 4) is 11.5 Å². The van der Waals surface area contributed by atoms with E-state index in [0.29, 0.717) is 31.7 Å². The highest BCUT2D eigenvalue weighted by molar-refractivity contribution is 5.85. The third-order valence-corrected chi connectivity index (χ3v) is 4.11. The van der Waals surface area contributed by atoms with Crippen molar-refractivity contribution in [3.63, 3.8) is 0 Å². The number of nitrogens with zero attached hydrogens (tertiary/aromatic N) is 1. The normalized spacial score (nSPS) is 20.8. The van der Waals surface area contributed by atoms with Crippen LogP contribution >= 0.6 is 12.4 Å². The van der Waals surface area contributed by atoms with Crippen LogP contribution in [0.3, 0.4) is 0 Å². The van der Waals surface area contributed by atoms with Crippen LogP contribution in [-0.2, 0) is 0 Å². The first-order chi connectivity index (χ1) is 11.3. The SMILES string of the molecule is Cl.FC(F)(F)CC[C@@H](c1cccc2c1OC(F)(F)O2)N1CCNCC1. The van der Waals surface area contributed by atoms with E-state index in [4.69, 9.17) is 0 Å². The highest BCUT2D eigenvalue weighted by Gasteiger charge is 2.45. The predicted octanol–water partition coefficient (Wildman–Crippen LogP) is 3.72. The molecular formula is C15H18ClF5N2O2. The summed E-state index contributed by atoms with van der Waals surface area (Å²) in [6.07, 6.45) is -9.33. The maximum Gasteiger partial charge on any atom is 0.586 e. The number of rotatable bonds is 4. The second-order valence-electron chi connectivity index (χ2n) is 5.80. The fourth-order valence-electron chi connectivity index (χ4n) is 3.08. The second-order valence-corrected chi connectivity index (χ2v) is 5.80. The molecule has 1 atom stereocenters. The molecule has 0 unspecified atom stereocenters. The molecule has 142 valence electrons. The molecule has 2 aliphatic rings. The van der Waals surface area contributed by atoms with Crippen LogP contribution in [-0.4, -0.2) is 43.5 Å². The first-order valence-electron chi connectivity index (χ1n) is 7.65. The first kappa shape index (κ1) is 20.0. The summed E-state index contributed by atoms with van der Waals surface area (Å²) < 4.78 is 73.7. The van der Waals surface area contributed by atoms with Gasteiger partial charge in [-0.25, -0.2) is 0 Å². The van der Waals surface area contributed by atoms with Gasteiger partial charge in [0.25, 0.3) is 0 Å². The van der Waals surface area contributed by atoms with Crippen molar-refractivity contribution in [2.45, 2.75) is 31.4 Å². The molecule has 0 radical (unpaired) electrons. The van der Waals surface area contributed by atoms with Crippen LogP contribution in [0.15, 0.2) is 18.2 Å². The maximum absolute atomic E-state index is 13.3. The standard InChI is InChI=1S/C15H17F5N2O2.ClH/c16-14(17,18)5-4-11(22-8-6-21-7-9-22)10-2-1-3-12-13(10)24-15(19,20)23-12;/h1-3,11,21H,4-9H2;1H/t11-;/m0./s1. The number of halogens is 6. The summed E-state index contributed by atoms with van der Waals surface area (Å²) in [6, 6.07) is 3.66. The lowest BCUT2D eigenvalue weighted by atomic mass is 9.98. The molecular weight excluding hydrogens is 371 g/mol. The Morgan fingerprint density at radius 2 is 1.84 bits per heavy atom. The first-order valence-corrected chi connectivity index (χ1v) is 7.65. The average Bonchev–Trinajstić information content (AvgIpc) is 2.82. The molecule has 1 fully saturated rings. The van der Waals surface area contributed by atoms with Gasteiger partial charge in [0.2, 0.25) is 0 Å². The van der Waals surface area contributed by atoms with Gasteiger partial charge in [-0.15, -0.1) is 21.2 Å². The van der Waals surface area contributed by atoms with Gasteiger partial charge in [-0.1, -0.05) is 12.1 Å². The zero-order valence-corrected chi connectivity index (χ0v) is 13.9. The van der Waals surface area contributed by atoms with Gasteiger partial charge < -0.3 is 14.8 Å². The van der Waals surface area contributed by atoms with Crippen molar-refractivity contribution in [3.05, 3.63) is 23.8 Å². The summed E-state index contributed by atoms with van der Waals surface area (Å²) >= 11 is 0. The molecule has 1 aromatic rings. The van der Waals surface area contributed by atoms with Gasteiger partial charge in [0, 0.05) is 44.2 Å². The molecule has 0 saturated carbocycles. The Balaban J connectivity index is 0.00000225. The molecule has 1 N–H and O–H groups in total. The molecule has 0 spiro atoms. The third kappa shape index (κ3) is 4.86. The molecule has 25 heavy (non-hydrogen) atoms. The summed E-state index contributed by atoms with van der Waals surface area (Å²) in [6.45, 7) is 2.32. The van der Waals surface area contributed by atoms with Gasteiger partial charge in [-0.2, -0.15) is 13.2 Å². The number of ether oxygens (including phenoxy) is 2. The van der Waals surface area contributed by atoms with E-state index in [1.807, 2.05) is 4.90 Å². The molecule has 2 aliphatic heterocycles. The van der Waals surface area contributed by atoms with Crippen molar-refractivity contribution < 1.29 is 31.4 Å². The molecule has 4 nitrogen and oxygen atoms in total. The van der Waals surface area contributed by atoms with Gasteiger partial charge in [0.05, 0.1) is 0 Å². The van der Waals surface area contributed by atoms with Crippen LogP contribution in [0, 0.1) is 0 Å². The fourth-order valence-corrected chi connectivity index (χ4v) is 3.08. The lowest BCUT2D eigenvalue weighted by molar-refractivity contribution is -0.287. The Hall–Kier alpha value is -1.32. The Morgan fingerprint density at radius 3 is 2.48 bits per heavy atom. The Kier molecular flexibility index (Phi) is 6.01. The molecule has 2 heterocycles. The monoisotopic (exact) mass is 388 g/mol. The highest BCUT2D eigenvalue weighted by atomic mass is 35.5. The van der Waals surface area contributed by atoms with E-state index in [-0.39, 0.29) is 30.3 Å². The second kappa shape index (κ2) is 7.51. The van der Waals surface area contributed by atoms with E-state index >= 15 is 0 Å². The minimum atomic E-state index is -4.31. The Bertz CT molecular complexity index is 594. The minimum absolute atomic E-state index is 0. The lowest BCUT2D eigenvalue weighted by Gasteiger charge is -2.35. The summed E-state index contributed by atoms with van der Waals surface area (Å²) in [5.41, 5.74) is 0.302. The van der Waals surface area contributed by atoms with Crippen LogP contribution in [0.5, 0.6) is 11.5 Å². The number of benzene rings is 1. The van der Waals surface area contributed by atoms with E-state index in [1.54, 1.807) is 0 Å². The topological polar surface area (TPSA) is 33.7 Å². The molecule has 0 amide bonds. The van der Waals surface area contributed by atoms with E-state index in [0.717, 1.165) is 0 Å². The van der Waals surface area contributed by atoms with Crippen LogP contribution in [0.2, 0.25) is 0 Å². The number of hydrogen-bond donors (Lipinski definition) is 1. The molecule has 0 bridgehead atoms. The maximum atomic E-state index is 13.3. The van der Waals surface area contributed by atoms with Gasteiger partial charge in [-0.3, -0.25) is 4.90 Å². The quantitative estimate of drug-likeness (QED) is 0.797. The summed E-state index contributed by atoms with van der Waals surface area (Å²) in [7, 11) is 0. The molecule has 0 aliphatic carbocycles. The molecule has 1 saturated heterocycles. The zero-order valence-electron chi connectivity index (χ0n) is 13.1. The molecule has 10 heteroatoms. The minimum Gasteiger partial charge on any atom is -0.395 e. The molecule has 0 aromatic heterocycles. The highest BCUT2D eigenvalue weighted by Crippen LogP contribution is 2.47. The number of para-hydroxylation sites is 1. The Morgan fingerprint density at radius 1 is 1.16 bits per heavy atom. The number of fused-ring (bicyclic) bond motifs is 1. The van der Waals surface area contributed by atoms with Crippen molar-refractivity contribution in [2.75, 3.05) is 26.2 Å². The zero-order chi connectivity index (χ0) is 17.4.